The van der Waals surface area contributed by atoms with Crippen molar-refractivity contribution in [1.82, 2.24) is 4.98 Å². The normalized spacial score (nSPS) is 10.9. The average Bonchev–Trinajstić information content (AvgIpc) is 2.69. The van der Waals surface area contributed by atoms with Crippen LogP contribution >= 0.6 is 11.6 Å². The highest BCUT2D eigenvalue weighted by atomic mass is 35.5. The maximum absolute atomic E-state index is 11.3. The van der Waals surface area contributed by atoms with E-state index in [1.54, 1.807) is 18.2 Å². The lowest BCUT2D eigenvalue weighted by molar-refractivity contribution is -0.384. The van der Waals surface area contributed by atoms with Gasteiger partial charge in [-0.05, 0) is 34.7 Å². The number of fused-ring (bicyclic) bond motifs is 1. The van der Waals surface area contributed by atoms with Crippen LogP contribution in [-0.4, -0.2) is 9.91 Å². The maximum Gasteiger partial charge on any atom is 0.270 e. The van der Waals surface area contributed by atoms with E-state index in [-0.39, 0.29) is 10.6 Å². The first kappa shape index (κ1) is 17.2. The zero-order valence-corrected chi connectivity index (χ0v) is 15.1. The van der Waals surface area contributed by atoms with E-state index in [0.717, 1.165) is 27.6 Å². The molecular weight excluding hydrogens is 360 g/mol. The Bertz CT molecular complexity index is 1140. The molecule has 0 aliphatic heterocycles. The van der Waals surface area contributed by atoms with Crippen LogP contribution in [0.3, 0.4) is 0 Å². The molecule has 0 aliphatic carbocycles. The number of halogens is 1. The number of aromatic nitrogens is 1. The molecule has 0 aliphatic rings. The van der Waals surface area contributed by atoms with Crippen LogP contribution in [0, 0.1) is 10.1 Å². The first-order valence-corrected chi connectivity index (χ1v) is 8.86. The molecule has 0 fully saturated rings. The van der Waals surface area contributed by atoms with Crippen molar-refractivity contribution in [3.63, 3.8) is 0 Å². The van der Waals surface area contributed by atoms with Crippen LogP contribution in [0.4, 0.5) is 5.69 Å². The SMILES string of the molecule is O=[N+]([O-])c1cccc(-c2c(Cc3ccccc3)cnc3c(Cl)cccc23)c1. The van der Waals surface area contributed by atoms with E-state index in [9.17, 15) is 10.1 Å². The lowest BCUT2D eigenvalue weighted by Gasteiger charge is -2.14. The second-order valence-corrected chi connectivity index (χ2v) is 6.67. The molecule has 0 radical (unpaired) electrons. The zero-order chi connectivity index (χ0) is 18.8. The molecule has 4 aromatic rings. The minimum atomic E-state index is -0.378. The Morgan fingerprint density at radius 3 is 2.52 bits per heavy atom. The second kappa shape index (κ2) is 7.17. The molecule has 0 spiro atoms. The first-order chi connectivity index (χ1) is 13.1. The van der Waals surface area contributed by atoms with Crippen molar-refractivity contribution < 1.29 is 4.92 Å². The van der Waals surface area contributed by atoms with Gasteiger partial charge in [-0.25, -0.2) is 0 Å². The van der Waals surface area contributed by atoms with E-state index in [2.05, 4.69) is 17.1 Å². The van der Waals surface area contributed by atoms with Crippen LogP contribution in [0.15, 0.2) is 79.0 Å². The van der Waals surface area contributed by atoms with Gasteiger partial charge in [0.2, 0.25) is 0 Å². The summed E-state index contributed by atoms with van der Waals surface area (Å²) in [6, 6.07) is 22.4. The van der Waals surface area contributed by atoms with Gasteiger partial charge in [-0.1, -0.05) is 66.2 Å². The van der Waals surface area contributed by atoms with Gasteiger partial charge < -0.3 is 0 Å². The number of nitro groups is 1. The van der Waals surface area contributed by atoms with Gasteiger partial charge in [-0.15, -0.1) is 0 Å². The van der Waals surface area contributed by atoms with E-state index < -0.39 is 0 Å². The number of benzene rings is 3. The number of pyridine rings is 1. The Morgan fingerprint density at radius 2 is 1.74 bits per heavy atom. The molecule has 0 bridgehead atoms. The van der Waals surface area contributed by atoms with Gasteiger partial charge in [0.25, 0.3) is 5.69 Å². The van der Waals surface area contributed by atoms with Crippen LogP contribution in [0.5, 0.6) is 0 Å². The number of hydrogen-bond acceptors (Lipinski definition) is 3. The highest BCUT2D eigenvalue weighted by Gasteiger charge is 2.16. The summed E-state index contributed by atoms with van der Waals surface area (Å²) in [5.41, 5.74) is 4.60. The largest absolute Gasteiger partial charge is 0.270 e. The summed E-state index contributed by atoms with van der Waals surface area (Å²) in [4.78, 5) is 15.4. The van der Waals surface area contributed by atoms with Crippen molar-refractivity contribution in [2.75, 3.05) is 0 Å². The summed E-state index contributed by atoms with van der Waals surface area (Å²) in [6.45, 7) is 0. The second-order valence-electron chi connectivity index (χ2n) is 6.26. The molecule has 1 heterocycles. The van der Waals surface area contributed by atoms with Gasteiger partial charge in [0.1, 0.15) is 0 Å². The molecule has 0 N–H and O–H groups in total. The lowest BCUT2D eigenvalue weighted by Crippen LogP contribution is -1.97. The minimum Gasteiger partial charge on any atom is -0.258 e. The van der Waals surface area contributed by atoms with Crippen LogP contribution in [0.2, 0.25) is 5.02 Å². The molecule has 5 heteroatoms. The molecule has 4 rings (SSSR count). The summed E-state index contributed by atoms with van der Waals surface area (Å²) in [7, 11) is 0. The Hall–Kier alpha value is -3.24. The van der Waals surface area contributed by atoms with Gasteiger partial charge in [-0.2, -0.15) is 0 Å². The quantitative estimate of drug-likeness (QED) is 0.322. The topological polar surface area (TPSA) is 56.0 Å². The fourth-order valence-corrected chi connectivity index (χ4v) is 3.52. The zero-order valence-electron chi connectivity index (χ0n) is 14.3. The fraction of sp³-hybridized carbons (Fsp3) is 0.0455. The van der Waals surface area contributed by atoms with Crippen LogP contribution in [-0.2, 0) is 6.42 Å². The van der Waals surface area contributed by atoms with Gasteiger partial charge in [0.05, 0.1) is 15.5 Å². The Balaban J connectivity index is 1.97. The number of rotatable bonds is 4. The molecule has 0 unspecified atom stereocenters. The van der Waals surface area contributed by atoms with E-state index in [0.29, 0.717) is 17.0 Å². The van der Waals surface area contributed by atoms with Gasteiger partial charge >= 0.3 is 0 Å². The van der Waals surface area contributed by atoms with Crippen molar-refractivity contribution in [3.8, 4) is 11.1 Å². The highest BCUT2D eigenvalue weighted by molar-refractivity contribution is 6.35. The van der Waals surface area contributed by atoms with Crippen LogP contribution < -0.4 is 0 Å². The first-order valence-electron chi connectivity index (χ1n) is 8.48. The highest BCUT2D eigenvalue weighted by Crippen LogP contribution is 2.36. The summed E-state index contributed by atoms with van der Waals surface area (Å²) in [6.07, 6.45) is 2.49. The predicted molar refractivity (Wildman–Crippen MR) is 108 cm³/mol. The van der Waals surface area contributed by atoms with Crippen molar-refractivity contribution in [2.45, 2.75) is 6.42 Å². The molecular formula is C22H15ClN2O2. The number of non-ortho nitro benzene ring substituents is 1. The van der Waals surface area contributed by atoms with Crippen LogP contribution in [0.25, 0.3) is 22.0 Å². The van der Waals surface area contributed by atoms with Crippen molar-refractivity contribution in [3.05, 3.63) is 105 Å². The molecule has 0 atom stereocenters. The smallest absolute Gasteiger partial charge is 0.258 e. The monoisotopic (exact) mass is 374 g/mol. The van der Waals surface area contributed by atoms with Crippen LogP contribution in [0.1, 0.15) is 11.1 Å². The van der Waals surface area contributed by atoms with Crippen molar-refractivity contribution in [1.29, 1.82) is 0 Å². The lowest BCUT2D eigenvalue weighted by atomic mass is 9.92. The van der Waals surface area contributed by atoms with E-state index in [4.69, 9.17) is 11.6 Å². The standard InChI is InChI=1S/C22H15ClN2O2/c23-20-11-5-10-19-21(16-8-4-9-18(13-16)25(26)27)17(14-24-22(19)20)12-15-6-2-1-3-7-15/h1-11,13-14H,12H2. The molecule has 4 nitrogen and oxygen atoms in total. The Labute approximate surface area is 161 Å². The third-order valence-corrected chi connectivity index (χ3v) is 4.81. The average molecular weight is 375 g/mol. The summed E-state index contributed by atoms with van der Waals surface area (Å²) < 4.78 is 0. The van der Waals surface area contributed by atoms with Crippen molar-refractivity contribution >= 4 is 28.2 Å². The summed E-state index contributed by atoms with van der Waals surface area (Å²) in [5, 5.41) is 12.7. The molecule has 132 valence electrons. The fourth-order valence-electron chi connectivity index (χ4n) is 3.29. The van der Waals surface area contributed by atoms with Gasteiger partial charge in [-0.3, -0.25) is 15.1 Å². The van der Waals surface area contributed by atoms with Crippen molar-refractivity contribution in [2.24, 2.45) is 0 Å². The molecule has 27 heavy (non-hydrogen) atoms. The molecule has 0 saturated heterocycles. The summed E-state index contributed by atoms with van der Waals surface area (Å²) >= 11 is 6.34. The molecule has 0 saturated carbocycles. The number of para-hydroxylation sites is 1. The van der Waals surface area contributed by atoms with E-state index in [1.807, 2.05) is 42.6 Å². The number of nitrogens with zero attached hydrogens (tertiary/aromatic N) is 2. The van der Waals surface area contributed by atoms with Gasteiger partial charge in [0, 0.05) is 23.7 Å². The minimum absolute atomic E-state index is 0.0603. The maximum atomic E-state index is 11.3. The Morgan fingerprint density at radius 1 is 0.963 bits per heavy atom. The van der Waals surface area contributed by atoms with Gasteiger partial charge in [0.15, 0.2) is 0 Å². The molecule has 3 aromatic carbocycles. The number of nitro benzene ring substituents is 1. The third-order valence-electron chi connectivity index (χ3n) is 4.51. The predicted octanol–water partition coefficient (Wildman–Crippen LogP) is 6.05. The van der Waals surface area contributed by atoms with E-state index in [1.165, 1.54) is 6.07 Å². The Kier molecular flexibility index (Phi) is 4.57. The molecule has 1 aromatic heterocycles. The molecule has 0 amide bonds. The number of hydrogen-bond donors (Lipinski definition) is 0. The van der Waals surface area contributed by atoms with E-state index >= 15 is 0 Å². The summed E-state index contributed by atoms with van der Waals surface area (Å²) in [5.74, 6) is 0. The third kappa shape index (κ3) is 3.39.